The van der Waals surface area contributed by atoms with Gasteiger partial charge >= 0.3 is 0 Å². The SMILES string of the molecule is CN1C(=O)[C@@H](C=NCC[NH+]2CCCCCC2)C(=O)NC1=S. The number of hydrogen-bond acceptors (Lipinski definition) is 4. The smallest absolute Gasteiger partial charge is 0.246 e. The van der Waals surface area contributed by atoms with E-state index in [0.29, 0.717) is 6.54 Å². The number of thiocarbonyl (C=S) groups is 1. The molecule has 2 heterocycles. The van der Waals surface area contributed by atoms with E-state index in [-0.39, 0.29) is 16.9 Å². The van der Waals surface area contributed by atoms with Gasteiger partial charge in [0.25, 0.3) is 0 Å². The van der Waals surface area contributed by atoms with Crippen molar-refractivity contribution in [3.8, 4) is 0 Å². The number of aliphatic imine (C=N–C) groups is 1. The fourth-order valence-electron chi connectivity index (χ4n) is 2.70. The summed E-state index contributed by atoms with van der Waals surface area (Å²) in [5, 5.41) is 2.67. The molecule has 0 spiro atoms. The molecule has 2 aliphatic rings. The number of hydrogen-bond donors (Lipinski definition) is 2. The van der Waals surface area contributed by atoms with E-state index < -0.39 is 5.92 Å². The molecular formula is C14H23N4O2S+. The minimum Gasteiger partial charge on any atom is -0.333 e. The number of carbonyl (C=O) groups excluding carboxylic acids is 2. The summed E-state index contributed by atoms with van der Waals surface area (Å²) in [6.45, 7) is 4.03. The van der Waals surface area contributed by atoms with Gasteiger partial charge in [0.05, 0.1) is 26.2 Å². The summed E-state index contributed by atoms with van der Waals surface area (Å²) in [6.07, 6.45) is 6.69. The first-order chi connectivity index (χ1) is 10.1. The first-order valence-electron chi connectivity index (χ1n) is 7.55. The number of amides is 2. The fourth-order valence-corrected chi connectivity index (χ4v) is 2.89. The van der Waals surface area contributed by atoms with E-state index in [2.05, 4.69) is 10.3 Å². The van der Waals surface area contributed by atoms with Crippen molar-refractivity contribution in [2.24, 2.45) is 10.9 Å². The van der Waals surface area contributed by atoms with Crippen LogP contribution in [-0.4, -0.2) is 61.3 Å². The Bertz CT molecular complexity index is 444. The third kappa shape index (κ3) is 4.31. The number of quaternary nitrogens is 1. The number of rotatable bonds is 4. The summed E-state index contributed by atoms with van der Waals surface area (Å²) < 4.78 is 0. The molecule has 0 bridgehead atoms. The maximum atomic E-state index is 12.0. The Hall–Kier alpha value is -1.34. The minimum atomic E-state index is -0.846. The fraction of sp³-hybridized carbons (Fsp3) is 0.714. The lowest BCUT2D eigenvalue weighted by Crippen LogP contribution is -3.12. The van der Waals surface area contributed by atoms with Crippen molar-refractivity contribution in [2.45, 2.75) is 25.7 Å². The zero-order chi connectivity index (χ0) is 15.2. The average Bonchev–Trinajstić information content (AvgIpc) is 2.73. The van der Waals surface area contributed by atoms with Crippen molar-refractivity contribution < 1.29 is 14.5 Å². The van der Waals surface area contributed by atoms with Gasteiger partial charge in [0.1, 0.15) is 0 Å². The van der Waals surface area contributed by atoms with Gasteiger partial charge in [0.2, 0.25) is 11.8 Å². The molecule has 2 rings (SSSR count). The molecule has 2 aliphatic heterocycles. The average molecular weight is 311 g/mol. The van der Waals surface area contributed by atoms with Crippen LogP contribution in [0.15, 0.2) is 4.99 Å². The van der Waals surface area contributed by atoms with E-state index in [1.54, 1.807) is 11.9 Å². The Morgan fingerprint density at radius 2 is 2.00 bits per heavy atom. The molecule has 2 fully saturated rings. The highest BCUT2D eigenvalue weighted by atomic mass is 32.1. The number of nitrogens with zero attached hydrogens (tertiary/aromatic N) is 2. The van der Waals surface area contributed by atoms with Crippen LogP contribution in [0.4, 0.5) is 0 Å². The molecule has 0 unspecified atom stereocenters. The van der Waals surface area contributed by atoms with E-state index in [4.69, 9.17) is 12.2 Å². The molecule has 21 heavy (non-hydrogen) atoms. The van der Waals surface area contributed by atoms with Gasteiger partial charge in [0.15, 0.2) is 11.0 Å². The van der Waals surface area contributed by atoms with Gasteiger partial charge in [-0.05, 0) is 37.9 Å². The normalized spacial score (nSPS) is 25.3. The first kappa shape index (κ1) is 16.0. The molecule has 0 aliphatic carbocycles. The molecule has 0 aromatic heterocycles. The Morgan fingerprint density at radius 1 is 1.33 bits per heavy atom. The molecule has 6 nitrogen and oxygen atoms in total. The maximum absolute atomic E-state index is 12.0. The second-order valence-electron chi connectivity index (χ2n) is 5.64. The molecular weight excluding hydrogens is 288 g/mol. The van der Waals surface area contributed by atoms with Crippen molar-refractivity contribution in [1.82, 2.24) is 10.2 Å². The lowest BCUT2D eigenvalue weighted by molar-refractivity contribution is -0.897. The number of carbonyl (C=O) groups is 2. The number of nitrogens with one attached hydrogen (secondary N) is 2. The molecule has 116 valence electrons. The highest BCUT2D eigenvalue weighted by Gasteiger charge is 2.35. The van der Waals surface area contributed by atoms with Gasteiger partial charge in [-0.1, -0.05) is 0 Å². The third-order valence-electron chi connectivity index (χ3n) is 4.07. The Labute approximate surface area is 130 Å². The lowest BCUT2D eigenvalue weighted by Gasteiger charge is -2.27. The van der Waals surface area contributed by atoms with Gasteiger partial charge in [-0.25, -0.2) is 0 Å². The highest BCUT2D eigenvalue weighted by Crippen LogP contribution is 2.06. The third-order valence-corrected chi connectivity index (χ3v) is 4.45. The summed E-state index contributed by atoms with van der Waals surface area (Å²) in [5.74, 6) is -1.54. The lowest BCUT2D eigenvalue weighted by atomic mass is 10.1. The predicted octanol–water partition coefficient (Wildman–Crippen LogP) is -0.995. The Balaban J connectivity index is 1.81. The van der Waals surface area contributed by atoms with Crippen LogP contribution in [0.25, 0.3) is 0 Å². The van der Waals surface area contributed by atoms with Gasteiger partial charge in [-0.15, -0.1) is 0 Å². The summed E-state index contributed by atoms with van der Waals surface area (Å²) in [4.78, 5) is 30.9. The molecule has 1 atom stereocenters. The zero-order valence-corrected chi connectivity index (χ0v) is 13.2. The summed E-state index contributed by atoms with van der Waals surface area (Å²) >= 11 is 4.89. The van der Waals surface area contributed by atoms with Crippen LogP contribution < -0.4 is 10.2 Å². The molecule has 0 saturated carbocycles. The van der Waals surface area contributed by atoms with Crippen molar-refractivity contribution in [2.75, 3.05) is 33.2 Å². The second-order valence-corrected chi connectivity index (χ2v) is 6.03. The van der Waals surface area contributed by atoms with Crippen molar-refractivity contribution >= 4 is 35.4 Å². The van der Waals surface area contributed by atoms with Gasteiger partial charge in [0, 0.05) is 13.3 Å². The van der Waals surface area contributed by atoms with E-state index in [1.165, 1.54) is 49.9 Å². The van der Waals surface area contributed by atoms with Crippen LogP contribution >= 0.6 is 12.2 Å². The quantitative estimate of drug-likeness (QED) is 0.398. The van der Waals surface area contributed by atoms with E-state index in [0.717, 1.165) is 6.54 Å². The zero-order valence-electron chi connectivity index (χ0n) is 12.4. The first-order valence-corrected chi connectivity index (χ1v) is 7.96. The molecule has 2 amide bonds. The van der Waals surface area contributed by atoms with Crippen molar-refractivity contribution in [3.63, 3.8) is 0 Å². The molecule has 2 saturated heterocycles. The number of likely N-dealkylation sites (tertiary alicyclic amines) is 1. The van der Waals surface area contributed by atoms with Crippen molar-refractivity contribution in [1.29, 1.82) is 0 Å². The summed E-state index contributed by atoms with van der Waals surface area (Å²) in [6, 6.07) is 0. The largest absolute Gasteiger partial charge is 0.333 e. The topological polar surface area (TPSA) is 66.2 Å². The van der Waals surface area contributed by atoms with Crippen molar-refractivity contribution in [3.05, 3.63) is 0 Å². The van der Waals surface area contributed by atoms with E-state index >= 15 is 0 Å². The summed E-state index contributed by atoms with van der Waals surface area (Å²) in [7, 11) is 1.56. The maximum Gasteiger partial charge on any atom is 0.246 e. The standard InChI is InChI=1S/C14H22N4O2S/c1-17-13(20)11(12(19)16-14(17)21)10-15-6-9-18-7-4-2-3-5-8-18/h10-11H,2-9H2,1H3,(H,16,19,21)/p+1/t11-/m0/s1. The Kier molecular flexibility index (Phi) is 5.81. The molecule has 0 aromatic rings. The van der Waals surface area contributed by atoms with Gasteiger partial charge < -0.3 is 10.2 Å². The van der Waals surface area contributed by atoms with E-state index in [1.807, 2.05) is 0 Å². The van der Waals surface area contributed by atoms with Crippen LogP contribution in [0.2, 0.25) is 0 Å². The van der Waals surface area contributed by atoms with Gasteiger partial charge in [-0.3, -0.25) is 19.5 Å². The molecule has 2 N–H and O–H groups in total. The van der Waals surface area contributed by atoms with Crippen LogP contribution in [0.1, 0.15) is 25.7 Å². The second kappa shape index (κ2) is 7.61. The van der Waals surface area contributed by atoms with Crippen LogP contribution in [0.5, 0.6) is 0 Å². The molecule has 0 aromatic carbocycles. The van der Waals surface area contributed by atoms with Crippen LogP contribution in [-0.2, 0) is 9.59 Å². The molecule has 0 radical (unpaired) electrons. The highest BCUT2D eigenvalue weighted by molar-refractivity contribution is 7.80. The summed E-state index contributed by atoms with van der Waals surface area (Å²) in [5.41, 5.74) is 0. The van der Waals surface area contributed by atoms with Crippen LogP contribution in [0, 0.1) is 5.92 Å². The van der Waals surface area contributed by atoms with E-state index in [9.17, 15) is 9.59 Å². The molecule has 7 heteroatoms. The Morgan fingerprint density at radius 3 is 2.67 bits per heavy atom. The van der Waals surface area contributed by atoms with Gasteiger partial charge in [-0.2, -0.15) is 0 Å². The predicted molar refractivity (Wildman–Crippen MR) is 84.4 cm³/mol. The minimum absolute atomic E-state index is 0.156. The monoisotopic (exact) mass is 311 g/mol. The van der Waals surface area contributed by atoms with Crippen LogP contribution in [0.3, 0.4) is 0 Å².